The molecule has 0 radical (unpaired) electrons. The van der Waals surface area contributed by atoms with Crippen molar-refractivity contribution in [3.8, 4) is 0 Å². The number of nitrogens with one attached hydrogen (secondary N) is 1. The van der Waals surface area contributed by atoms with Gasteiger partial charge in [-0.1, -0.05) is 15.9 Å². The van der Waals surface area contributed by atoms with Crippen LogP contribution >= 0.6 is 15.9 Å². The zero-order chi connectivity index (χ0) is 8.27. The third-order valence-electron chi connectivity index (χ3n) is 1.31. The van der Waals surface area contributed by atoms with Gasteiger partial charge < -0.3 is 4.74 Å². The van der Waals surface area contributed by atoms with Crippen LogP contribution in [0, 0.1) is 5.41 Å². The second-order valence-electron chi connectivity index (χ2n) is 2.04. The molecule has 1 aromatic rings. The Kier molecular flexibility index (Phi) is 2.65. The molecule has 0 fully saturated rings. The van der Waals surface area contributed by atoms with Crippen molar-refractivity contribution < 1.29 is 4.74 Å². The number of ether oxygens (including phenoxy) is 1. The second-order valence-corrected chi connectivity index (χ2v) is 2.96. The van der Waals surface area contributed by atoms with E-state index in [9.17, 15) is 0 Å². The predicted octanol–water partition coefficient (Wildman–Crippen LogP) is 2.42. The fourth-order valence-corrected chi connectivity index (χ4v) is 0.983. The summed E-state index contributed by atoms with van der Waals surface area (Å²) in [5.41, 5.74) is 0.788. The Hall–Kier alpha value is -0.830. The summed E-state index contributed by atoms with van der Waals surface area (Å²) in [6.45, 7) is 0. The SMILES string of the molecule is COC(=N)c1ccc([76Br])cc1. The molecular formula is C8H8BrNO. The summed E-state index contributed by atoms with van der Waals surface area (Å²) in [4.78, 5) is 0. The molecule has 11 heavy (non-hydrogen) atoms. The van der Waals surface area contributed by atoms with E-state index in [-0.39, 0.29) is 5.90 Å². The van der Waals surface area contributed by atoms with Gasteiger partial charge in [0.05, 0.1) is 7.11 Å². The van der Waals surface area contributed by atoms with Gasteiger partial charge in [0.25, 0.3) is 0 Å². The van der Waals surface area contributed by atoms with Crippen molar-refractivity contribution in [3.05, 3.63) is 34.3 Å². The first-order valence-corrected chi connectivity index (χ1v) is 3.92. The molecule has 1 N–H and O–H groups in total. The van der Waals surface area contributed by atoms with Crippen LogP contribution in [0.1, 0.15) is 5.56 Å². The fraction of sp³-hybridized carbons (Fsp3) is 0.125. The van der Waals surface area contributed by atoms with E-state index in [0.29, 0.717) is 0 Å². The van der Waals surface area contributed by atoms with Crippen molar-refractivity contribution >= 4 is 21.8 Å². The summed E-state index contributed by atoms with van der Waals surface area (Å²) in [6, 6.07) is 7.41. The van der Waals surface area contributed by atoms with Crippen molar-refractivity contribution in [2.24, 2.45) is 0 Å². The van der Waals surface area contributed by atoms with E-state index in [0.717, 1.165) is 10.0 Å². The Balaban J connectivity index is 2.90. The smallest absolute Gasteiger partial charge is 0.212 e. The highest BCUT2D eigenvalue weighted by molar-refractivity contribution is 9.10. The largest absolute Gasteiger partial charge is 0.481 e. The van der Waals surface area contributed by atoms with E-state index in [1.54, 1.807) is 0 Å². The highest BCUT2D eigenvalue weighted by Gasteiger charge is 1.97. The lowest BCUT2D eigenvalue weighted by Crippen LogP contribution is -1.99. The van der Waals surface area contributed by atoms with Crippen LogP contribution in [-0.2, 0) is 4.74 Å². The quantitative estimate of drug-likeness (QED) is 0.560. The van der Waals surface area contributed by atoms with Crippen LogP contribution in [-0.4, -0.2) is 13.0 Å². The molecule has 0 amide bonds. The van der Waals surface area contributed by atoms with Crippen LogP contribution in [0.2, 0.25) is 0 Å². The summed E-state index contributed by atoms with van der Waals surface area (Å²) in [6.07, 6.45) is 0. The zero-order valence-electron chi connectivity index (χ0n) is 6.10. The maximum Gasteiger partial charge on any atom is 0.212 e. The minimum Gasteiger partial charge on any atom is -0.481 e. The van der Waals surface area contributed by atoms with Gasteiger partial charge in [0, 0.05) is 10.0 Å². The summed E-state index contributed by atoms with van der Waals surface area (Å²) >= 11 is 3.31. The first-order chi connectivity index (χ1) is 5.24. The molecule has 0 heterocycles. The van der Waals surface area contributed by atoms with Gasteiger partial charge in [-0.05, 0) is 24.3 Å². The number of methoxy groups -OCH3 is 1. The number of benzene rings is 1. The van der Waals surface area contributed by atoms with E-state index in [2.05, 4.69) is 15.9 Å². The van der Waals surface area contributed by atoms with Crippen LogP contribution in [0.25, 0.3) is 0 Å². The van der Waals surface area contributed by atoms with Gasteiger partial charge in [0.15, 0.2) is 0 Å². The first-order valence-electron chi connectivity index (χ1n) is 3.12. The van der Waals surface area contributed by atoms with E-state index < -0.39 is 0 Å². The average molecular weight is 210 g/mol. The first kappa shape index (κ1) is 8.27. The maximum absolute atomic E-state index is 7.31. The Bertz CT molecular complexity index is 255. The number of rotatable bonds is 1. The molecule has 0 bridgehead atoms. The van der Waals surface area contributed by atoms with Gasteiger partial charge in [-0.25, -0.2) is 0 Å². The molecule has 0 aliphatic carbocycles. The molecule has 0 saturated heterocycles. The standard InChI is InChI=1S/C8H8BrNO/c1-11-8(10)6-2-4-7(9)5-3-6/h2-5,10H,1H3/i9-4. The molecular weight excluding hydrogens is 202 g/mol. The molecule has 0 atom stereocenters. The minimum absolute atomic E-state index is 0.192. The van der Waals surface area contributed by atoms with Crippen molar-refractivity contribution in [1.29, 1.82) is 5.41 Å². The Morgan fingerprint density at radius 2 is 1.91 bits per heavy atom. The molecule has 58 valence electrons. The van der Waals surface area contributed by atoms with Crippen molar-refractivity contribution in [2.45, 2.75) is 0 Å². The van der Waals surface area contributed by atoms with E-state index in [4.69, 9.17) is 10.1 Å². The fourth-order valence-electron chi connectivity index (χ4n) is 0.719. The molecule has 1 rings (SSSR count). The van der Waals surface area contributed by atoms with Crippen LogP contribution in [0.4, 0.5) is 0 Å². The van der Waals surface area contributed by atoms with Crippen LogP contribution in [0.5, 0.6) is 0 Å². The van der Waals surface area contributed by atoms with Crippen molar-refractivity contribution in [3.63, 3.8) is 0 Å². The lowest BCUT2D eigenvalue weighted by Gasteiger charge is -2.00. The monoisotopic (exact) mass is 210 g/mol. The summed E-state index contributed by atoms with van der Waals surface area (Å²) in [5, 5.41) is 7.31. The highest BCUT2D eigenvalue weighted by atomic mass is 75.9. The molecule has 2 nitrogen and oxygen atoms in total. The molecule has 0 aliphatic heterocycles. The van der Waals surface area contributed by atoms with Crippen LogP contribution < -0.4 is 0 Å². The zero-order valence-corrected chi connectivity index (χ0v) is 7.68. The van der Waals surface area contributed by atoms with Gasteiger partial charge in [-0.3, -0.25) is 5.41 Å². The van der Waals surface area contributed by atoms with Crippen molar-refractivity contribution in [2.75, 3.05) is 7.11 Å². The van der Waals surface area contributed by atoms with Gasteiger partial charge in [-0.15, -0.1) is 0 Å². The van der Waals surface area contributed by atoms with Crippen molar-refractivity contribution in [1.82, 2.24) is 0 Å². The van der Waals surface area contributed by atoms with Crippen LogP contribution in [0.3, 0.4) is 0 Å². The van der Waals surface area contributed by atoms with E-state index in [1.807, 2.05) is 24.3 Å². The van der Waals surface area contributed by atoms with Gasteiger partial charge >= 0.3 is 0 Å². The molecule has 0 spiro atoms. The Morgan fingerprint density at radius 3 is 2.36 bits per heavy atom. The highest BCUT2D eigenvalue weighted by Crippen LogP contribution is 2.10. The Labute approximate surface area is 73.8 Å². The molecule has 0 aliphatic rings. The van der Waals surface area contributed by atoms with E-state index in [1.165, 1.54) is 7.11 Å². The summed E-state index contributed by atoms with van der Waals surface area (Å²) < 4.78 is 5.75. The molecule has 3 heteroatoms. The lowest BCUT2D eigenvalue weighted by atomic mass is 10.2. The molecule has 1 aromatic carbocycles. The number of hydrogen-bond acceptors (Lipinski definition) is 2. The Morgan fingerprint density at radius 1 is 1.36 bits per heavy atom. The van der Waals surface area contributed by atoms with Crippen LogP contribution in [0.15, 0.2) is 28.7 Å². The minimum atomic E-state index is 0.192. The third kappa shape index (κ3) is 2.05. The topological polar surface area (TPSA) is 33.1 Å². The second kappa shape index (κ2) is 3.53. The summed E-state index contributed by atoms with van der Waals surface area (Å²) in [5.74, 6) is 0.192. The molecule has 0 unspecified atom stereocenters. The number of hydrogen-bond donors (Lipinski definition) is 1. The maximum atomic E-state index is 7.31. The van der Waals surface area contributed by atoms with Gasteiger partial charge in [0.2, 0.25) is 5.90 Å². The molecule has 0 saturated carbocycles. The molecule has 0 aromatic heterocycles. The van der Waals surface area contributed by atoms with E-state index >= 15 is 0 Å². The van der Waals surface area contributed by atoms with Gasteiger partial charge in [-0.2, -0.15) is 0 Å². The summed E-state index contributed by atoms with van der Waals surface area (Å²) in [7, 11) is 1.49. The number of halogens is 1. The lowest BCUT2D eigenvalue weighted by molar-refractivity contribution is 0.401. The normalized spacial score (nSPS) is 9.27. The average Bonchev–Trinajstić information content (AvgIpc) is 2.05. The predicted molar refractivity (Wildman–Crippen MR) is 48.0 cm³/mol. The third-order valence-corrected chi connectivity index (χ3v) is 1.84. The van der Waals surface area contributed by atoms with Gasteiger partial charge in [0.1, 0.15) is 0 Å².